The van der Waals surface area contributed by atoms with Crippen molar-refractivity contribution in [2.24, 2.45) is 5.10 Å². The summed E-state index contributed by atoms with van der Waals surface area (Å²) in [6, 6.07) is 13.0. The first-order valence-corrected chi connectivity index (χ1v) is 9.11. The highest BCUT2D eigenvalue weighted by Gasteiger charge is 2.08. The molecule has 0 aliphatic rings. The van der Waals surface area contributed by atoms with Crippen LogP contribution in [0.5, 0.6) is 0 Å². The second-order valence-electron chi connectivity index (χ2n) is 6.53. The van der Waals surface area contributed by atoms with E-state index in [0.717, 1.165) is 0 Å². The molecule has 4 amide bonds. The van der Waals surface area contributed by atoms with Crippen LogP contribution in [0.3, 0.4) is 0 Å². The molecule has 0 aromatic heterocycles. The molecular formula is C21H23N5O4. The Labute approximate surface area is 173 Å². The van der Waals surface area contributed by atoms with Crippen LogP contribution < -0.4 is 21.4 Å². The molecule has 2 aromatic rings. The second kappa shape index (κ2) is 10.5. The first kappa shape index (κ1) is 22.3. The van der Waals surface area contributed by atoms with Crippen LogP contribution in [0.15, 0.2) is 53.6 Å². The average molecular weight is 409 g/mol. The van der Waals surface area contributed by atoms with E-state index in [0.29, 0.717) is 28.3 Å². The third-order valence-corrected chi connectivity index (χ3v) is 3.72. The zero-order valence-electron chi connectivity index (χ0n) is 16.9. The van der Waals surface area contributed by atoms with Gasteiger partial charge in [0.2, 0.25) is 17.7 Å². The number of rotatable bonds is 7. The van der Waals surface area contributed by atoms with Gasteiger partial charge in [0.1, 0.15) is 0 Å². The fourth-order valence-corrected chi connectivity index (χ4v) is 2.44. The van der Waals surface area contributed by atoms with E-state index in [1.54, 1.807) is 55.5 Å². The number of amides is 4. The first-order chi connectivity index (χ1) is 14.2. The van der Waals surface area contributed by atoms with Crippen molar-refractivity contribution >= 4 is 46.4 Å². The Hall–Kier alpha value is -4.01. The van der Waals surface area contributed by atoms with Crippen LogP contribution in [-0.4, -0.2) is 29.3 Å². The van der Waals surface area contributed by atoms with Crippen LogP contribution in [0.1, 0.15) is 37.6 Å². The van der Waals surface area contributed by atoms with Crippen LogP contribution in [0.4, 0.5) is 17.1 Å². The van der Waals surface area contributed by atoms with Crippen molar-refractivity contribution in [2.75, 3.05) is 16.0 Å². The maximum atomic E-state index is 12.1. The maximum Gasteiger partial charge on any atom is 0.271 e. The summed E-state index contributed by atoms with van der Waals surface area (Å²) in [5, 5.41) is 11.9. The molecule has 0 atom stereocenters. The summed E-state index contributed by atoms with van der Waals surface area (Å²) in [5.41, 5.74) is 4.97. The molecule has 4 N–H and O–H groups in total. The zero-order chi connectivity index (χ0) is 22.1. The fourth-order valence-electron chi connectivity index (χ4n) is 2.44. The number of nitrogens with zero attached hydrogens (tertiary/aromatic N) is 1. The van der Waals surface area contributed by atoms with E-state index in [1.165, 1.54) is 13.8 Å². The number of carbonyl (C=O) groups excluding carboxylic acids is 4. The van der Waals surface area contributed by atoms with Crippen molar-refractivity contribution in [3.05, 3.63) is 54.1 Å². The minimum atomic E-state index is -0.433. The van der Waals surface area contributed by atoms with Gasteiger partial charge in [0, 0.05) is 42.2 Å². The summed E-state index contributed by atoms with van der Waals surface area (Å²) >= 11 is 0. The minimum absolute atomic E-state index is 0.00477. The van der Waals surface area contributed by atoms with E-state index in [1.807, 2.05) is 0 Å². The lowest BCUT2D eigenvalue weighted by atomic mass is 10.2. The monoisotopic (exact) mass is 409 g/mol. The van der Waals surface area contributed by atoms with Crippen molar-refractivity contribution in [2.45, 2.75) is 27.2 Å². The molecular weight excluding hydrogens is 386 g/mol. The molecule has 0 saturated carbocycles. The van der Waals surface area contributed by atoms with Gasteiger partial charge in [-0.3, -0.25) is 19.2 Å². The Kier molecular flexibility index (Phi) is 7.81. The normalized spacial score (nSPS) is 10.7. The molecule has 9 nitrogen and oxygen atoms in total. The summed E-state index contributed by atoms with van der Waals surface area (Å²) in [6.45, 7) is 4.44. The number of hydrogen-bond donors (Lipinski definition) is 4. The molecule has 0 bridgehead atoms. The number of hydrogen-bond acceptors (Lipinski definition) is 5. The van der Waals surface area contributed by atoms with Crippen LogP contribution in [0, 0.1) is 0 Å². The van der Waals surface area contributed by atoms with Crippen LogP contribution in [0.25, 0.3) is 0 Å². The second-order valence-corrected chi connectivity index (χ2v) is 6.53. The topological polar surface area (TPSA) is 129 Å². The van der Waals surface area contributed by atoms with Gasteiger partial charge in [0.25, 0.3) is 5.91 Å². The minimum Gasteiger partial charge on any atom is -0.326 e. The lowest BCUT2D eigenvalue weighted by Gasteiger charge is -2.07. The van der Waals surface area contributed by atoms with E-state index in [2.05, 4.69) is 26.5 Å². The van der Waals surface area contributed by atoms with Gasteiger partial charge in [-0.1, -0.05) is 0 Å². The van der Waals surface area contributed by atoms with Gasteiger partial charge >= 0.3 is 0 Å². The summed E-state index contributed by atoms with van der Waals surface area (Å²) in [5.74, 6) is -1.10. The molecule has 0 aliphatic heterocycles. The summed E-state index contributed by atoms with van der Waals surface area (Å²) < 4.78 is 0. The van der Waals surface area contributed by atoms with E-state index in [4.69, 9.17) is 0 Å². The fraction of sp³-hybridized carbons (Fsp3) is 0.190. The molecule has 0 saturated heterocycles. The summed E-state index contributed by atoms with van der Waals surface area (Å²) in [4.78, 5) is 46.3. The molecule has 156 valence electrons. The standard InChI is InChI=1S/C21H23N5O4/c1-13(12-20(29)24-19-10-8-18(9-11-19)23-15(3)28)25-26-21(30)16-4-6-17(7-5-16)22-14(2)27/h4-11H,12H2,1-3H3,(H,22,27)(H,23,28)(H,24,29)(H,26,30). The molecule has 0 heterocycles. The van der Waals surface area contributed by atoms with Gasteiger partial charge < -0.3 is 16.0 Å². The highest BCUT2D eigenvalue weighted by Crippen LogP contribution is 2.14. The average Bonchev–Trinajstić information content (AvgIpc) is 2.67. The van der Waals surface area contributed by atoms with Gasteiger partial charge in [-0.25, -0.2) is 5.43 Å². The quantitative estimate of drug-likeness (QED) is 0.414. The van der Waals surface area contributed by atoms with E-state index >= 15 is 0 Å². The molecule has 30 heavy (non-hydrogen) atoms. The van der Waals surface area contributed by atoms with Crippen molar-refractivity contribution in [3.8, 4) is 0 Å². The van der Waals surface area contributed by atoms with Crippen molar-refractivity contribution < 1.29 is 19.2 Å². The van der Waals surface area contributed by atoms with Crippen molar-refractivity contribution in [1.82, 2.24) is 5.43 Å². The van der Waals surface area contributed by atoms with E-state index in [9.17, 15) is 19.2 Å². The van der Waals surface area contributed by atoms with Gasteiger partial charge in [0.05, 0.1) is 6.42 Å². The van der Waals surface area contributed by atoms with E-state index < -0.39 is 5.91 Å². The van der Waals surface area contributed by atoms with Gasteiger partial charge in [0.15, 0.2) is 0 Å². The molecule has 2 aromatic carbocycles. The lowest BCUT2D eigenvalue weighted by molar-refractivity contribution is -0.115. The number of hydrazone groups is 1. The number of carbonyl (C=O) groups is 4. The third kappa shape index (κ3) is 7.55. The molecule has 0 spiro atoms. The van der Waals surface area contributed by atoms with Crippen molar-refractivity contribution in [1.29, 1.82) is 0 Å². The van der Waals surface area contributed by atoms with Gasteiger partial charge in [-0.15, -0.1) is 0 Å². The molecule has 0 unspecified atom stereocenters. The van der Waals surface area contributed by atoms with Crippen LogP contribution in [-0.2, 0) is 14.4 Å². The lowest BCUT2D eigenvalue weighted by Crippen LogP contribution is -2.21. The Morgan fingerprint density at radius 1 is 0.700 bits per heavy atom. The van der Waals surface area contributed by atoms with Crippen molar-refractivity contribution in [3.63, 3.8) is 0 Å². The number of anilines is 3. The zero-order valence-corrected chi connectivity index (χ0v) is 16.9. The van der Waals surface area contributed by atoms with Crippen LogP contribution in [0.2, 0.25) is 0 Å². The molecule has 9 heteroatoms. The maximum absolute atomic E-state index is 12.1. The third-order valence-electron chi connectivity index (χ3n) is 3.72. The first-order valence-electron chi connectivity index (χ1n) is 9.11. The summed E-state index contributed by atoms with van der Waals surface area (Å²) in [7, 11) is 0. The predicted molar refractivity (Wildman–Crippen MR) is 115 cm³/mol. The smallest absolute Gasteiger partial charge is 0.271 e. The highest BCUT2D eigenvalue weighted by molar-refractivity contribution is 6.06. The summed E-state index contributed by atoms with van der Waals surface area (Å²) in [6.07, 6.45) is -0.00477. The Morgan fingerprint density at radius 3 is 1.60 bits per heavy atom. The molecule has 0 aliphatic carbocycles. The van der Waals surface area contributed by atoms with Gasteiger partial charge in [-0.2, -0.15) is 5.10 Å². The SMILES string of the molecule is CC(=O)Nc1ccc(NC(=O)CC(C)=NNC(=O)c2ccc(NC(C)=O)cc2)cc1. The predicted octanol–water partition coefficient (Wildman–Crippen LogP) is 2.74. The number of benzene rings is 2. The van der Waals surface area contributed by atoms with E-state index in [-0.39, 0.29) is 24.1 Å². The molecule has 0 radical (unpaired) electrons. The van der Waals surface area contributed by atoms with Crippen LogP contribution >= 0.6 is 0 Å². The Balaban J connectivity index is 1.85. The largest absolute Gasteiger partial charge is 0.326 e. The molecule has 2 rings (SSSR count). The number of nitrogens with one attached hydrogen (secondary N) is 4. The Bertz CT molecular complexity index is 966. The Morgan fingerprint density at radius 2 is 1.13 bits per heavy atom. The molecule has 0 fully saturated rings. The van der Waals surface area contributed by atoms with Gasteiger partial charge in [-0.05, 0) is 55.5 Å². The highest BCUT2D eigenvalue weighted by atomic mass is 16.2.